The van der Waals surface area contributed by atoms with Crippen molar-refractivity contribution in [3.63, 3.8) is 0 Å². The molecule has 0 aliphatic heterocycles. The fraction of sp³-hybridized carbons (Fsp3) is 0.533. The first-order chi connectivity index (χ1) is 9.58. The van der Waals surface area contributed by atoms with Crippen LogP contribution in [0.5, 0.6) is 0 Å². The highest BCUT2D eigenvalue weighted by molar-refractivity contribution is 6.35. The van der Waals surface area contributed by atoms with Crippen LogP contribution in [0.15, 0.2) is 12.1 Å². The van der Waals surface area contributed by atoms with Crippen LogP contribution in [0.3, 0.4) is 0 Å². The van der Waals surface area contributed by atoms with Crippen LogP contribution in [-0.4, -0.2) is 24.3 Å². The van der Waals surface area contributed by atoms with Crippen molar-refractivity contribution in [1.29, 1.82) is 0 Å². The molecule has 0 aliphatic carbocycles. The zero-order valence-corrected chi connectivity index (χ0v) is 14.5. The molecule has 0 aromatic heterocycles. The van der Waals surface area contributed by atoms with Crippen LogP contribution >= 0.6 is 23.2 Å². The summed E-state index contributed by atoms with van der Waals surface area (Å²) in [6.07, 6.45) is -0.441. The first-order valence-electron chi connectivity index (χ1n) is 6.77. The molecule has 118 valence electrons. The summed E-state index contributed by atoms with van der Waals surface area (Å²) in [6.45, 7) is 9.71. The number of anilines is 1. The van der Waals surface area contributed by atoms with E-state index in [-0.39, 0.29) is 6.04 Å². The fourth-order valence-electron chi connectivity index (χ4n) is 1.62. The molecule has 1 unspecified atom stereocenters. The second-order valence-electron chi connectivity index (χ2n) is 6.01. The lowest BCUT2D eigenvalue weighted by molar-refractivity contribution is 0.0526. The van der Waals surface area contributed by atoms with Gasteiger partial charge >= 0.3 is 6.09 Å². The Labute approximate surface area is 136 Å². The van der Waals surface area contributed by atoms with Crippen molar-refractivity contribution in [3.8, 4) is 0 Å². The Morgan fingerprint density at radius 2 is 1.90 bits per heavy atom. The Bertz CT molecular complexity index is 513. The Kier molecular flexibility index (Phi) is 6.17. The molecule has 0 heterocycles. The van der Waals surface area contributed by atoms with Crippen molar-refractivity contribution >= 4 is 35.0 Å². The van der Waals surface area contributed by atoms with Crippen LogP contribution in [0.1, 0.15) is 33.3 Å². The summed E-state index contributed by atoms with van der Waals surface area (Å²) in [7, 11) is 0. The van der Waals surface area contributed by atoms with E-state index < -0.39 is 11.7 Å². The van der Waals surface area contributed by atoms with Crippen molar-refractivity contribution < 1.29 is 9.53 Å². The number of hydrogen-bond donors (Lipinski definition) is 2. The SMILES string of the molecule is Cc1cc(Cl)c(NC(C)CNC(=O)OC(C)(C)C)cc1Cl. The number of carbonyl (C=O) groups excluding carboxylic acids is 1. The molecule has 21 heavy (non-hydrogen) atoms. The van der Waals surface area contributed by atoms with Crippen LogP contribution in [0.25, 0.3) is 0 Å². The van der Waals surface area contributed by atoms with Gasteiger partial charge in [-0.3, -0.25) is 0 Å². The summed E-state index contributed by atoms with van der Waals surface area (Å²) >= 11 is 12.2. The predicted octanol–water partition coefficient (Wildman–Crippen LogP) is 4.63. The van der Waals surface area contributed by atoms with E-state index in [0.717, 1.165) is 11.3 Å². The largest absolute Gasteiger partial charge is 0.444 e. The van der Waals surface area contributed by atoms with Gasteiger partial charge in [0.1, 0.15) is 5.60 Å². The maximum absolute atomic E-state index is 11.6. The molecular weight excluding hydrogens is 311 g/mol. The van der Waals surface area contributed by atoms with Gasteiger partial charge in [-0.2, -0.15) is 0 Å². The smallest absolute Gasteiger partial charge is 0.407 e. The lowest BCUT2D eigenvalue weighted by atomic mass is 10.2. The third-order valence-corrected chi connectivity index (χ3v) is 3.32. The Morgan fingerprint density at radius 1 is 1.29 bits per heavy atom. The lowest BCUT2D eigenvalue weighted by Crippen LogP contribution is -2.38. The number of hydrogen-bond acceptors (Lipinski definition) is 3. The minimum atomic E-state index is -0.505. The second-order valence-corrected chi connectivity index (χ2v) is 6.82. The van der Waals surface area contributed by atoms with Gasteiger partial charge in [0.05, 0.1) is 10.7 Å². The summed E-state index contributed by atoms with van der Waals surface area (Å²) in [6, 6.07) is 3.57. The Morgan fingerprint density at radius 3 is 2.48 bits per heavy atom. The zero-order chi connectivity index (χ0) is 16.2. The summed E-state index contributed by atoms with van der Waals surface area (Å²) in [5.74, 6) is 0. The molecule has 4 nitrogen and oxygen atoms in total. The minimum absolute atomic E-state index is 0.0196. The van der Waals surface area contributed by atoms with Crippen molar-refractivity contribution in [1.82, 2.24) is 5.32 Å². The summed E-state index contributed by atoms with van der Waals surface area (Å²) in [5.41, 5.74) is 1.16. The van der Waals surface area contributed by atoms with Gasteiger partial charge in [-0.05, 0) is 52.3 Å². The number of ether oxygens (including phenoxy) is 1. The van der Waals surface area contributed by atoms with Crippen LogP contribution in [-0.2, 0) is 4.74 Å². The van der Waals surface area contributed by atoms with E-state index >= 15 is 0 Å². The number of carbonyl (C=O) groups is 1. The van der Waals surface area contributed by atoms with Crippen molar-refractivity contribution in [2.24, 2.45) is 0 Å². The van der Waals surface area contributed by atoms with Gasteiger partial charge in [0.15, 0.2) is 0 Å². The van der Waals surface area contributed by atoms with E-state index in [4.69, 9.17) is 27.9 Å². The second kappa shape index (κ2) is 7.23. The number of benzene rings is 1. The average molecular weight is 333 g/mol. The molecule has 0 saturated carbocycles. The molecule has 1 aromatic carbocycles. The van der Waals surface area contributed by atoms with Gasteiger partial charge in [0.2, 0.25) is 0 Å². The molecular formula is C15H22Cl2N2O2. The summed E-state index contributed by atoms with van der Waals surface area (Å²) in [4.78, 5) is 11.6. The van der Waals surface area contributed by atoms with Gasteiger partial charge in [-0.25, -0.2) is 4.79 Å². The quantitative estimate of drug-likeness (QED) is 0.845. The molecule has 0 bridgehead atoms. The molecule has 1 atom stereocenters. The van der Waals surface area contributed by atoms with E-state index in [0.29, 0.717) is 16.6 Å². The Balaban J connectivity index is 2.53. The van der Waals surface area contributed by atoms with Crippen LogP contribution in [0.2, 0.25) is 10.0 Å². The Hall–Kier alpha value is -1.13. The maximum Gasteiger partial charge on any atom is 0.407 e. The highest BCUT2D eigenvalue weighted by atomic mass is 35.5. The average Bonchev–Trinajstić information content (AvgIpc) is 2.31. The molecule has 2 N–H and O–H groups in total. The number of rotatable bonds is 4. The first-order valence-corrected chi connectivity index (χ1v) is 7.53. The topological polar surface area (TPSA) is 50.4 Å². The number of aryl methyl sites for hydroxylation is 1. The molecule has 0 saturated heterocycles. The van der Waals surface area contributed by atoms with Gasteiger partial charge in [-0.15, -0.1) is 0 Å². The zero-order valence-electron chi connectivity index (χ0n) is 13.0. The van der Waals surface area contributed by atoms with Crippen LogP contribution in [0, 0.1) is 6.92 Å². The number of alkyl carbamates (subject to hydrolysis) is 1. The molecule has 1 amide bonds. The van der Waals surface area contributed by atoms with E-state index in [9.17, 15) is 4.79 Å². The standard InChI is InChI=1S/C15H22Cl2N2O2/c1-9-6-12(17)13(7-11(9)16)19-10(2)8-18-14(20)21-15(3,4)5/h6-7,10,19H,8H2,1-5H3,(H,18,20). The third kappa shape index (κ3) is 6.44. The molecule has 0 spiro atoms. The highest BCUT2D eigenvalue weighted by Gasteiger charge is 2.16. The highest BCUT2D eigenvalue weighted by Crippen LogP contribution is 2.29. The lowest BCUT2D eigenvalue weighted by Gasteiger charge is -2.22. The van der Waals surface area contributed by atoms with Crippen molar-refractivity contribution in [3.05, 3.63) is 27.7 Å². The van der Waals surface area contributed by atoms with Gasteiger partial charge < -0.3 is 15.4 Å². The number of nitrogens with one attached hydrogen (secondary N) is 2. The molecule has 1 rings (SSSR count). The van der Waals surface area contributed by atoms with Crippen LogP contribution in [0.4, 0.5) is 10.5 Å². The maximum atomic E-state index is 11.6. The molecule has 0 aliphatic rings. The predicted molar refractivity (Wildman–Crippen MR) is 88.5 cm³/mol. The van der Waals surface area contributed by atoms with Gasteiger partial charge in [0, 0.05) is 17.6 Å². The van der Waals surface area contributed by atoms with E-state index in [1.807, 2.05) is 34.6 Å². The third-order valence-electron chi connectivity index (χ3n) is 2.60. The van der Waals surface area contributed by atoms with Crippen LogP contribution < -0.4 is 10.6 Å². The van der Waals surface area contributed by atoms with E-state index in [2.05, 4.69) is 10.6 Å². The molecule has 0 fully saturated rings. The normalized spacial score (nSPS) is 12.7. The summed E-state index contributed by atoms with van der Waals surface area (Å²) < 4.78 is 5.17. The molecule has 0 radical (unpaired) electrons. The summed E-state index contributed by atoms with van der Waals surface area (Å²) in [5, 5.41) is 7.16. The van der Waals surface area contributed by atoms with Gasteiger partial charge in [0.25, 0.3) is 0 Å². The van der Waals surface area contributed by atoms with E-state index in [1.165, 1.54) is 0 Å². The van der Waals surface area contributed by atoms with Crippen molar-refractivity contribution in [2.45, 2.75) is 46.3 Å². The number of amides is 1. The molecule has 1 aromatic rings. The van der Waals surface area contributed by atoms with Gasteiger partial charge in [-0.1, -0.05) is 23.2 Å². The molecule has 6 heteroatoms. The number of halogens is 2. The van der Waals surface area contributed by atoms with E-state index in [1.54, 1.807) is 12.1 Å². The van der Waals surface area contributed by atoms with Crippen molar-refractivity contribution in [2.75, 3.05) is 11.9 Å². The first kappa shape index (κ1) is 17.9. The monoisotopic (exact) mass is 332 g/mol. The fourth-order valence-corrected chi connectivity index (χ4v) is 2.06. The minimum Gasteiger partial charge on any atom is -0.444 e.